The van der Waals surface area contributed by atoms with Gasteiger partial charge in [-0.2, -0.15) is 15.0 Å². The van der Waals surface area contributed by atoms with Gasteiger partial charge in [0.25, 0.3) is 0 Å². The molecule has 1 N–H and O–H groups in total. The van der Waals surface area contributed by atoms with Crippen LogP contribution in [0, 0.1) is 5.82 Å². The molecule has 0 fully saturated rings. The number of benzene rings is 2. The van der Waals surface area contributed by atoms with E-state index in [0.29, 0.717) is 18.1 Å². The van der Waals surface area contributed by atoms with E-state index in [1.165, 1.54) is 12.1 Å². The van der Waals surface area contributed by atoms with Gasteiger partial charge in [-0.1, -0.05) is 61.3 Å². The molecule has 0 amide bonds. The van der Waals surface area contributed by atoms with Gasteiger partial charge >= 0.3 is 0 Å². The summed E-state index contributed by atoms with van der Waals surface area (Å²) in [5, 5.41) is 13.1. The summed E-state index contributed by atoms with van der Waals surface area (Å²) in [6.07, 6.45) is 3.21. The Bertz CT molecular complexity index is 917. The molecule has 2 aromatic carbocycles. The van der Waals surface area contributed by atoms with E-state index in [-0.39, 0.29) is 5.82 Å². The minimum atomic E-state index is -0.356. The highest BCUT2D eigenvalue weighted by molar-refractivity contribution is 6.31. The minimum absolute atomic E-state index is 0.356. The topological polar surface area (TPSA) is 52.0 Å². The maximum Gasteiger partial charge on any atom is 0.124 e. The first-order valence-corrected chi connectivity index (χ1v) is 10.8. The van der Waals surface area contributed by atoms with Crippen molar-refractivity contribution in [3.63, 3.8) is 0 Å². The lowest BCUT2D eigenvalue weighted by atomic mass is 10.1. The number of hydrogen-bond acceptors (Lipinski definition) is 4. The van der Waals surface area contributed by atoms with Gasteiger partial charge < -0.3 is 10.1 Å². The van der Waals surface area contributed by atoms with Gasteiger partial charge in [0.2, 0.25) is 0 Å². The van der Waals surface area contributed by atoms with Crippen LogP contribution in [0.3, 0.4) is 0 Å². The number of nitrogens with one attached hydrogen (secondary N) is 1. The average Bonchev–Trinajstić information content (AvgIpc) is 3.15. The summed E-state index contributed by atoms with van der Waals surface area (Å²) in [6.45, 7) is 5.58. The molecule has 0 saturated heterocycles. The first-order valence-electron chi connectivity index (χ1n) is 10.4. The molecule has 0 aliphatic heterocycles. The zero-order valence-electron chi connectivity index (χ0n) is 17.3. The number of ether oxygens (including phenoxy) is 1. The van der Waals surface area contributed by atoms with E-state index in [1.54, 1.807) is 10.9 Å². The van der Waals surface area contributed by atoms with Crippen LogP contribution in [0.15, 0.2) is 48.5 Å². The summed E-state index contributed by atoms with van der Waals surface area (Å²) >= 11 is 6.17. The molecule has 5 nitrogen and oxygen atoms in total. The van der Waals surface area contributed by atoms with Gasteiger partial charge in [-0.05, 0) is 37.1 Å². The average molecular weight is 431 g/mol. The number of halogens is 2. The van der Waals surface area contributed by atoms with Gasteiger partial charge in [0.05, 0.1) is 6.54 Å². The second-order valence-electron chi connectivity index (χ2n) is 7.12. The molecule has 30 heavy (non-hydrogen) atoms. The van der Waals surface area contributed by atoms with Crippen molar-refractivity contribution in [2.75, 3.05) is 19.8 Å². The molecular formula is C23H28ClFN4O. The predicted octanol–water partition coefficient (Wildman–Crippen LogP) is 5.08. The van der Waals surface area contributed by atoms with E-state index in [0.717, 1.165) is 61.5 Å². The van der Waals surface area contributed by atoms with E-state index in [2.05, 4.69) is 22.4 Å². The second-order valence-corrected chi connectivity index (χ2v) is 7.53. The second kappa shape index (κ2) is 11.8. The largest absolute Gasteiger partial charge is 0.381 e. The van der Waals surface area contributed by atoms with E-state index >= 15 is 0 Å². The van der Waals surface area contributed by atoms with Crippen molar-refractivity contribution in [2.24, 2.45) is 0 Å². The van der Waals surface area contributed by atoms with Gasteiger partial charge in [0, 0.05) is 30.3 Å². The first kappa shape index (κ1) is 22.4. The SMILES string of the molecule is CCCCOCCCNCc1nn(Cc2ccc(F)cc2Cl)nc1-c1ccccc1. The highest BCUT2D eigenvalue weighted by Gasteiger charge is 2.14. The molecule has 0 unspecified atom stereocenters. The third kappa shape index (κ3) is 6.62. The summed E-state index contributed by atoms with van der Waals surface area (Å²) in [5.74, 6) is -0.356. The highest BCUT2D eigenvalue weighted by atomic mass is 35.5. The lowest BCUT2D eigenvalue weighted by Crippen LogP contribution is -2.17. The van der Waals surface area contributed by atoms with E-state index in [4.69, 9.17) is 16.3 Å². The molecule has 3 aromatic rings. The Kier molecular flexibility index (Phi) is 8.81. The number of aromatic nitrogens is 3. The number of nitrogens with zero attached hydrogens (tertiary/aromatic N) is 3. The third-order valence-electron chi connectivity index (χ3n) is 4.68. The van der Waals surface area contributed by atoms with Crippen LogP contribution in [0.4, 0.5) is 4.39 Å². The Balaban J connectivity index is 1.65. The summed E-state index contributed by atoms with van der Waals surface area (Å²) in [4.78, 5) is 1.62. The quantitative estimate of drug-likeness (QED) is 0.407. The fraction of sp³-hybridized carbons (Fsp3) is 0.391. The third-order valence-corrected chi connectivity index (χ3v) is 5.03. The van der Waals surface area contributed by atoms with Crippen molar-refractivity contribution in [1.82, 2.24) is 20.3 Å². The zero-order valence-corrected chi connectivity index (χ0v) is 18.0. The van der Waals surface area contributed by atoms with Crippen LogP contribution in [-0.4, -0.2) is 34.8 Å². The highest BCUT2D eigenvalue weighted by Crippen LogP contribution is 2.22. The Morgan fingerprint density at radius 3 is 2.63 bits per heavy atom. The van der Waals surface area contributed by atoms with Crippen LogP contribution in [0.2, 0.25) is 5.02 Å². The standard InChI is InChI=1S/C23H28ClFN4O/c1-2-3-13-30-14-7-12-26-16-22-23(18-8-5-4-6-9-18)28-29(27-22)17-19-10-11-20(25)15-21(19)24/h4-6,8-11,15,26H,2-3,7,12-14,16-17H2,1H3. The van der Waals surface area contributed by atoms with E-state index in [1.807, 2.05) is 30.3 Å². The van der Waals surface area contributed by atoms with Crippen LogP contribution in [0.1, 0.15) is 37.4 Å². The molecule has 0 atom stereocenters. The zero-order chi connectivity index (χ0) is 21.2. The monoisotopic (exact) mass is 430 g/mol. The molecule has 0 spiro atoms. The van der Waals surface area contributed by atoms with Gasteiger partial charge in [-0.3, -0.25) is 0 Å². The van der Waals surface area contributed by atoms with Crippen molar-refractivity contribution in [3.8, 4) is 11.3 Å². The summed E-state index contributed by atoms with van der Waals surface area (Å²) in [7, 11) is 0. The fourth-order valence-electron chi connectivity index (χ4n) is 3.05. The molecule has 1 aromatic heterocycles. The Hall–Kier alpha value is -2.28. The molecule has 0 bridgehead atoms. The predicted molar refractivity (Wildman–Crippen MR) is 118 cm³/mol. The molecule has 0 aliphatic rings. The lowest BCUT2D eigenvalue weighted by Gasteiger charge is -2.05. The van der Waals surface area contributed by atoms with Crippen LogP contribution in [-0.2, 0) is 17.8 Å². The van der Waals surface area contributed by atoms with E-state index in [9.17, 15) is 4.39 Å². The van der Waals surface area contributed by atoms with Crippen molar-refractivity contribution in [3.05, 3.63) is 70.6 Å². The first-order chi connectivity index (χ1) is 14.7. The van der Waals surface area contributed by atoms with Crippen molar-refractivity contribution >= 4 is 11.6 Å². The van der Waals surface area contributed by atoms with Crippen LogP contribution < -0.4 is 5.32 Å². The van der Waals surface area contributed by atoms with E-state index < -0.39 is 0 Å². The molecule has 3 rings (SSSR count). The summed E-state index contributed by atoms with van der Waals surface area (Å²) < 4.78 is 18.9. The van der Waals surface area contributed by atoms with Crippen LogP contribution in [0.25, 0.3) is 11.3 Å². The molecular weight excluding hydrogens is 403 g/mol. The Morgan fingerprint density at radius 1 is 1.07 bits per heavy atom. The van der Waals surface area contributed by atoms with Gasteiger partial charge in [-0.15, -0.1) is 0 Å². The number of unbranched alkanes of at least 4 members (excludes halogenated alkanes) is 1. The molecule has 0 aliphatic carbocycles. The summed E-state index contributed by atoms with van der Waals surface area (Å²) in [6, 6.07) is 14.3. The molecule has 0 saturated carbocycles. The van der Waals surface area contributed by atoms with Crippen molar-refractivity contribution < 1.29 is 9.13 Å². The Labute approximate surface area is 182 Å². The maximum absolute atomic E-state index is 13.3. The van der Waals surface area contributed by atoms with Gasteiger partial charge in [0.15, 0.2) is 0 Å². The molecule has 0 radical (unpaired) electrons. The molecule has 1 heterocycles. The molecule has 7 heteroatoms. The minimum Gasteiger partial charge on any atom is -0.381 e. The summed E-state index contributed by atoms with van der Waals surface area (Å²) in [5.41, 5.74) is 3.48. The van der Waals surface area contributed by atoms with Gasteiger partial charge in [-0.25, -0.2) is 4.39 Å². The van der Waals surface area contributed by atoms with Crippen molar-refractivity contribution in [1.29, 1.82) is 0 Å². The van der Waals surface area contributed by atoms with Crippen molar-refractivity contribution in [2.45, 2.75) is 39.3 Å². The number of hydrogen-bond donors (Lipinski definition) is 1. The van der Waals surface area contributed by atoms with Gasteiger partial charge in [0.1, 0.15) is 17.2 Å². The maximum atomic E-state index is 13.3. The molecule has 160 valence electrons. The smallest absolute Gasteiger partial charge is 0.124 e. The normalized spacial score (nSPS) is 11.2. The van der Waals surface area contributed by atoms with Crippen LogP contribution in [0.5, 0.6) is 0 Å². The van der Waals surface area contributed by atoms with Crippen LogP contribution >= 0.6 is 11.6 Å². The lowest BCUT2D eigenvalue weighted by molar-refractivity contribution is 0.128. The number of rotatable bonds is 12. The Morgan fingerprint density at radius 2 is 1.87 bits per heavy atom. The fourth-order valence-corrected chi connectivity index (χ4v) is 3.28.